The first-order valence-electron chi connectivity index (χ1n) is 6.84. The van der Waals surface area contributed by atoms with Gasteiger partial charge in [0.1, 0.15) is 0 Å². The fourth-order valence-corrected chi connectivity index (χ4v) is 2.00. The van der Waals surface area contributed by atoms with Crippen LogP contribution in [0.1, 0.15) is 37.6 Å². The van der Waals surface area contributed by atoms with Crippen molar-refractivity contribution in [3.05, 3.63) is 29.8 Å². The maximum absolute atomic E-state index is 12.0. The number of carboxylic acid groups (broad SMARTS) is 1. The van der Waals surface area contributed by atoms with E-state index in [1.807, 2.05) is 20.8 Å². The van der Waals surface area contributed by atoms with E-state index in [0.29, 0.717) is 24.2 Å². The van der Waals surface area contributed by atoms with E-state index in [1.54, 1.807) is 24.3 Å². The number of hydrogen-bond acceptors (Lipinski definition) is 3. The highest BCUT2D eigenvalue weighted by atomic mass is 16.4. The maximum Gasteiger partial charge on any atom is 0.404 e. The van der Waals surface area contributed by atoms with Gasteiger partial charge in [-0.15, -0.1) is 0 Å². The summed E-state index contributed by atoms with van der Waals surface area (Å²) in [4.78, 5) is 22.8. The fourth-order valence-electron chi connectivity index (χ4n) is 2.00. The Hall–Kier alpha value is -2.24. The van der Waals surface area contributed by atoms with Crippen LogP contribution < -0.4 is 16.4 Å². The molecule has 0 aliphatic heterocycles. The molecule has 6 nitrogen and oxygen atoms in total. The Morgan fingerprint density at radius 2 is 1.90 bits per heavy atom. The number of nitrogen functional groups attached to an aromatic ring is 1. The summed E-state index contributed by atoms with van der Waals surface area (Å²) in [6.45, 7) is 6.22. The van der Waals surface area contributed by atoms with Gasteiger partial charge in [-0.2, -0.15) is 0 Å². The molecule has 6 heteroatoms. The lowest BCUT2D eigenvalue weighted by atomic mass is 9.85. The minimum Gasteiger partial charge on any atom is -0.465 e. The Morgan fingerprint density at radius 1 is 1.29 bits per heavy atom. The van der Waals surface area contributed by atoms with E-state index in [0.717, 1.165) is 0 Å². The maximum atomic E-state index is 12.0. The first-order chi connectivity index (χ1) is 9.71. The summed E-state index contributed by atoms with van der Waals surface area (Å²) < 4.78 is 0. The highest BCUT2D eigenvalue weighted by molar-refractivity contribution is 5.99. The molecular formula is C15H23N3O3. The van der Waals surface area contributed by atoms with Crippen LogP contribution >= 0.6 is 0 Å². The molecule has 0 saturated carbocycles. The predicted molar refractivity (Wildman–Crippen MR) is 82.2 cm³/mol. The number of para-hydroxylation sites is 1. The molecule has 0 aliphatic rings. The Labute approximate surface area is 124 Å². The second-order valence-electron chi connectivity index (χ2n) is 6.00. The average molecular weight is 293 g/mol. The Morgan fingerprint density at radius 3 is 2.43 bits per heavy atom. The zero-order chi connectivity index (χ0) is 16.0. The van der Waals surface area contributed by atoms with Crippen LogP contribution in [-0.2, 0) is 0 Å². The van der Waals surface area contributed by atoms with Crippen LogP contribution in [0.3, 0.4) is 0 Å². The van der Waals surface area contributed by atoms with Gasteiger partial charge in [0.05, 0.1) is 5.56 Å². The summed E-state index contributed by atoms with van der Waals surface area (Å²) in [6, 6.07) is 6.58. The summed E-state index contributed by atoms with van der Waals surface area (Å²) in [5.41, 5.74) is 6.36. The van der Waals surface area contributed by atoms with Crippen molar-refractivity contribution in [2.24, 2.45) is 5.41 Å². The van der Waals surface area contributed by atoms with E-state index in [2.05, 4.69) is 10.6 Å². The predicted octanol–water partition coefficient (Wildman–Crippen LogP) is 2.07. The smallest absolute Gasteiger partial charge is 0.404 e. The van der Waals surface area contributed by atoms with Gasteiger partial charge in [-0.1, -0.05) is 32.9 Å². The summed E-state index contributed by atoms with van der Waals surface area (Å²) >= 11 is 0. The van der Waals surface area contributed by atoms with Gasteiger partial charge in [0.2, 0.25) is 0 Å². The molecule has 0 aliphatic carbocycles. The Bertz CT molecular complexity index is 509. The molecule has 0 spiro atoms. The van der Waals surface area contributed by atoms with Gasteiger partial charge >= 0.3 is 6.09 Å². The van der Waals surface area contributed by atoms with Crippen molar-refractivity contribution >= 4 is 17.7 Å². The monoisotopic (exact) mass is 293 g/mol. The third-order valence-electron chi connectivity index (χ3n) is 3.27. The summed E-state index contributed by atoms with van der Waals surface area (Å²) in [7, 11) is 0. The number of carbonyl (C=O) groups is 2. The van der Waals surface area contributed by atoms with Crippen LogP contribution in [0, 0.1) is 5.41 Å². The number of nitrogens with one attached hydrogen (secondary N) is 2. The van der Waals surface area contributed by atoms with Gasteiger partial charge in [-0.05, 0) is 24.0 Å². The van der Waals surface area contributed by atoms with Gasteiger partial charge < -0.3 is 21.5 Å². The fraction of sp³-hybridized carbons (Fsp3) is 0.467. The van der Waals surface area contributed by atoms with Crippen molar-refractivity contribution in [3.63, 3.8) is 0 Å². The molecule has 0 fully saturated rings. The zero-order valence-electron chi connectivity index (χ0n) is 12.6. The molecule has 5 N–H and O–H groups in total. The van der Waals surface area contributed by atoms with Gasteiger partial charge in [-0.25, -0.2) is 4.79 Å². The van der Waals surface area contributed by atoms with Crippen LogP contribution in [0.25, 0.3) is 0 Å². The van der Waals surface area contributed by atoms with E-state index in [1.165, 1.54) is 0 Å². The zero-order valence-corrected chi connectivity index (χ0v) is 12.6. The SMILES string of the molecule is CC(C)(C)C(CCNC(=O)c1ccccc1N)NC(=O)O. The van der Waals surface area contributed by atoms with Gasteiger partial charge in [0.15, 0.2) is 0 Å². The van der Waals surface area contributed by atoms with Crippen LogP contribution in [0.2, 0.25) is 0 Å². The summed E-state index contributed by atoms with van der Waals surface area (Å²) in [6.07, 6.45) is -0.553. The lowest BCUT2D eigenvalue weighted by Gasteiger charge is -2.30. The molecule has 0 saturated heterocycles. The van der Waals surface area contributed by atoms with Crippen molar-refractivity contribution in [2.45, 2.75) is 33.2 Å². The van der Waals surface area contributed by atoms with E-state index in [4.69, 9.17) is 10.8 Å². The molecule has 1 aromatic carbocycles. The topological polar surface area (TPSA) is 104 Å². The molecule has 0 bridgehead atoms. The number of hydrogen-bond donors (Lipinski definition) is 4. The number of amides is 2. The van der Waals surface area contributed by atoms with Crippen molar-refractivity contribution in [1.82, 2.24) is 10.6 Å². The van der Waals surface area contributed by atoms with Crippen LogP contribution in [-0.4, -0.2) is 29.7 Å². The third kappa shape index (κ3) is 5.33. The number of carbonyl (C=O) groups excluding carboxylic acids is 1. The molecule has 21 heavy (non-hydrogen) atoms. The molecule has 116 valence electrons. The van der Waals surface area contributed by atoms with E-state index in [-0.39, 0.29) is 17.4 Å². The van der Waals surface area contributed by atoms with Crippen molar-refractivity contribution < 1.29 is 14.7 Å². The van der Waals surface area contributed by atoms with Gasteiger partial charge in [-0.3, -0.25) is 4.79 Å². The van der Waals surface area contributed by atoms with Crippen LogP contribution in [0.15, 0.2) is 24.3 Å². The molecule has 1 atom stereocenters. The molecule has 1 aromatic rings. The number of benzene rings is 1. The van der Waals surface area contributed by atoms with E-state index < -0.39 is 6.09 Å². The van der Waals surface area contributed by atoms with Crippen LogP contribution in [0.4, 0.5) is 10.5 Å². The molecule has 1 unspecified atom stereocenters. The van der Waals surface area contributed by atoms with E-state index in [9.17, 15) is 9.59 Å². The van der Waals surface area contributed by atoms with Gasteiger partial charge in [0, 0.05) is 18.3 Å². The Balaban J connectivity index is 2.56. The Kier molecular flexibility index (Phi) is 5.58. The average Bonchev–Trinajstić information content (AvgIpc) is 2.36. The molecule has 0 radical (unpaired) electrons. The third-order valence-corrected chi connectivity index (χ3v) is 3.27. The van der Waals surface area contributed by atoms with Crippen molar-refractivity contribution in [1.29, 1.82) is 0 Å². The molecule has 0 heterocycles. The molecule has 2 amide bonds. The minimum absolute atomic E-state index is 0.227. The quantitative estimate of drug-likeness (QED) is 0.624. The largest absolute Gasteiger partial charge is 0.465 e. The van der Waals surface area contributed by atoms with Crippen molar-refractivity contribution in [2.75, 3.05) is 12.3 Å². The first-order valence-corrected chi connectivity index (χ1v) is 6.84. The molecule has 1 rings (SSSR count). The normalized spacial score (nSPS) is 12.5. The van der Waals surface area contributed by atoms with Gasteiger partial charge in [0.25, 0.3) is 5.91 Å². The molecule has 0 aromatic heterocycles. The summed E-state index contributed by atoms with van der Waals surface area (Å²) in [5, 5.41) is 14.1. The summed E-state index contributed by atoms with van der Waals surface area (Å²) in [5.74, 6) is -0.254. The second-order valence-corrected chi connectivity index (χ2v) is 6.00. The highest BCUT2D eigenvalue weighted by Crippen LogP contribution is 2.21. The number of nitrogens with two attached hydrogens (primary N) is 1. The van der Waals surface area contributed by atoms with Crippen LogP contribution in [0.5, 0.6) is 0 Å². The standard InChI is InChI=1S/C15H23N3O3/c1-15(2,3)12(18-14(20)21)8-9-17-13(19)10-6-4-5-7-11(10)16/h4-7,12,18H,8-9,16H2,1-3H3,(H,17,19)(H,20,21). The van der Waals surface area contributed by atoms with Crippen molar-refractivity contribution in [3.8, 4) is 0 Å². The lowest BCUT2D eigenvalue weighted by molar-refractivity contribution is 0.0950. The van der Waals surface area contributed by atoms with E-state index >= 15 is 0 Å². The minimum atomic E-state index is -1.06. The lowest BCUT2D eigenvalue weighted by Crippen LogP contribution is -2.45. The highest BCUT2D eigenvalue weighted by Gasteiger charge is 2.26. The molecular weight excluding hydrogens is 270 g/mol. The first kappa shape index (κ1) is 16.8. The number of anilines is 1. The second kappa shape index (κ2) is 6.97. The number of rotatable bonds is 5.